The van der Waals surface area contributed by atoms with Gasteiger partial charge in [-0.1, -0.05) is 16.8 Å². The zero-order valence-electron chi connectivity index (χ0n) is 8.27. The van der Waals surface area contributed by atoms with Gasteiger partial charge in [0.15, 0.2) is 0 Å². The largest absolute Gasteiger partial charge is 0.491 e. The number of halogens is 1. The molecule has 0 spiro atoms. The first-order chi connectivity index (χ1) is 7.19. The van der Waals surface area contributed by atoms with E-state index in [-0.39, 0.29) is 13.2 Å². The zero-order valence-corrected chi connectivity index (χ0v) is 9.03. The van der Waals surface area contributed by atoms with Gasteiger partial charge in [0.05, 0.1) is 12.3 Å². The van der Waals surface area contributed by atoms with Gasteiger partial charge >= 0.3 is 0 Å². The van der Waals surface area contributed by atoms with Crippen molar-refractivity contribution in [2.24, 2.45) is 5.16 Å². The number of rotatable bonds is 4. The Morgan fingerprint density at radius 1 is 1.53 bits per heavy atom. The third-order valence-corrected chi connectivity index (χ3v) is 2.07. The highest BCUT2D eigenvalue weighted by Gasteiger charge is 2.08. The van der Waals surface area contributed by atoms with Gasteiger partial charge in [-0.05, 0) is 25.1 Å². The summed E-state index contributed by atoms with van der Waals surface area (Å²) in [6, 6.07) is 4.98. The van der Waals surface area contributed by atoms with Gasteiger partial charge in [-0.15, -0.1) is 0 Å². The summed E-state index contributed by atoms with van der Waals surface area (Å²) >= 11 is 5.81. The highest BCUT2D eigenvalue weighted by atomic mass is 35.5. The van der Waals surface area contributed by atoms with Crippen molar-refractivity contribution in [2.75, 3.05) is 13.2 Å². The Morgan fingerprint density at radius 2 is 2.27 bits per heavy atom. The molecule has 0 amide bonds. The van der Waals surface area contributed by atoms with E-state index in [1.807, 2.05) is 0 Å². The number of nitrogens with zero attached hydrogens (tertiary/aromatic N) is 1. The van der Waals surface area contributed by atoms with E-state index < -0.39 is 0 Å². The minimum Gasteiger partial charge on any atom is -0.491 e. The molecule has 0 aromatic heterocycles. The van der Waals surface area contributed by atoms with Crippen LogP contribution in [0.2, 0.25) is 5.02 Å². The van der Waals surface area contributed by atoms with Gasteiger partial charge in [-0.25, -0.2) is 0 Å². The van der Waals surface area contributed by atoms with Gasteiger partial charge in [0.2, 0.25) is 0 Å². The van der Waals surface area contributed by atoms with E-state index in [2.05, 4.69) is 5.16 Å². The van der Waals surface area contributed by atoms with Crippen LogP contribution in [0.3, 0.4) is 0 Å². The van der Waals surface area contributed by atoms with Crippen LogP contribution in [0, 0.1) is 0 Å². The van der Waals surface area contributed by atoms with Gasteiger partial charge in [-0.3, -0.25) is 0 Å². The Bertz CT molecular complexity index is 366. The van der Waals surface area contributed by atoms with Crippen LogP contribution in [0.25, 0.3) is 0 Å². The molecule has 0 fully saturated rings. The number of hydrogen-bond acceptors (Lipinski definition) is 4. The predicted octanol–water partition coefficient (Wildman–Crippen LogP) is 1.91. The van der Waals surface area contributed by atoms with Crippen LogP contribution in [0.5, 0.6) is 5.75 Å². The van der Waals surface area contributed by atoms with Gasteiger partial charge in [0.25, 0.3) is 0 Å². The highest BCUT2D eigenvalue weighted by molar-refractivity contribution is 6.31. The first-order valence-corrected chi connectivity index (χ1v) is 4.79. The van der Waals surface area contributed by atoms with Crippen molar-refractivity contribution in [3.05, 3.63) is 28.8 Å². The van der Waals surface area contributed by atoms with E-state index in [0.717, 1.165) is 0 Å². The fourth-order valence-electron chi connectivity index (χ4n) is 1.12. The molecule has 4 nitrogen and oxygen atoms in total. The maximum absolute atomic E-state index is 8.67. The summed E-state index contributed by atoms with van der Waals surface area (Å²) in [5, 5.41) is 20.9. The zero-order chi connectivity index (χ0) is 11.3. The molecule has 0 saturated heterocycles. The van der Waals surface area contributed by atoms with Crippen LogP contribution in [0.1, 0.15) is 12.5 Å². The van der Waals surface area contributed by atoms with Crippen LogP contribution in [0.4, 0.5) is 0 Å². The second-order valence-corrected chi connectivity index (χ2v) is 3.33. The Labute approximate surface area is 92.7 Å². The molecule has 0 heterocycles. The number of aliphatic hydroxyl groups is 1. The van der Waals surface area contributed by atoms with Crippen LogP contribution in [0.15, 0.2) is 23.4 Å². The molecule has 0 aliphatic rings. The number of hydrogen-bond donors (Lipinski definition) is 2. The van der Waals surface area contributed by atoms with Gasteiger partial charge < -0.3 is 15.1 Å². The van der Waals surface area contributed by atoms with E-state index in [0.29, 0.717) is 22.0 Å². The lowest BCUT2D eigenvalue weighted by Crippen LogP contribution is -2.06. The molecule has 0 bridgehead atoms. The minimum atomic E-state index is -0.0720. The fourth-order valence-corrected chi connectivity index (χ4v) is 1.29. The monoisotopic (exact) mass is 229 g/mol. The lowest BCUT2D eigenvalue weighted by Gasteiger charge is -2.09. The van der Waals surface area contributed by atoms with Gasteiger partial charge in [0, 0.05) is 10.6 Å². The molecule has 1 aromatic rings. The second-order valence-electron chi connectivity index (χ2n) is 2.90. The lowest BCUT2D eigenvalue weighted by molar-refractivity contribution is 0.201. The first kappa shape index (κ1) is 11.8. The third kappa shape index (κ3) is 3.11. The summed E-state index contributed by atoms with van der Waals surface area (Å²) in [5.41, 5.74) is 1.02. The molecule has 1 aromatic carbocycles. The molecule has 1 rings (SSSR count). The number of aliphatic hydroxyl groups excluding tert-OH is 1. The van der Waals surface area contributed by atoms with Gasteiger partial charge in [-0.2, -0.15) is 0 Å². The van der Waals surface area contributed by atoms with E-state index in [1.54, 1.807) is 25.1 Å². The molecule has 0 saturated carbocycles. The summed E-state index contributed by atoms with van der Waals surface area (Å²) < 4.78 is 5.26. The van der Waals surface area contributed by atoms with Crippen LogP contribution in [-0.2, 0) is 0 Å². The van der Waals surface area contributed by atoms with Crippen molar-refractivity contribution < 1.29 is 15.1 Å². The third-order valence-electron chi connectivity index (χ3n) is 1.83. The summed E-state index contributed by atoms with van der Waals surface area (Å²) in [6.45, 7) is 1.75. The predicted molar refractivity (Wildman–Crippen MR) is 58.0 cm³/mol. The minimum absolute atomic E-state index is 0.0720. The summed E-state index contributed by atoms with van der Waals surface area (Å²) in [4.78, 5) is 0. The molecule has 0 unspecified atom stereocenters. The van der Waals surface area contributed by atoms with E-state index >= 15 is 0 Å². The molecule has 5 heteroatoms. The number of oxime groups is 1. The molecule has 0 aliphatic carbocycles. The molecular formula is C10H12ClNO3. The highest BCUT2D eigenvalue weighted by Crippen LogP contribution is 2.23. The molecule has 0 atom stereocenters. The van der Waals surface area contributed by atoms with Crippen molar-refractivity contribution >= 4 is 17.3 Å². The summed E-state index contributed by atoms with van der Waals surface area (Å²) in [6.07, 6.45) is 0. The number of benzene rings is 1. The molecule has 82 valence electrons. The lowest BCUT2D eigenvalue weighted by atomic mass is 10.1. The smallest absolute Gasteiger partial charge is 0.128 e. The quantitative estimate of drug-likeness (QED) is 0.471. The molecular weight excluding hydrogens is 218 g/mol. The van der Waals surface area contributed by atoms with Crippen molar-refractivity contribution in [2.45, 2.75) is 6.92 Å². The van der Waals surface area contributed by atoms with Crippen LogP contribution in [-0.4, -0.2) is 29.2 Å². The van der Waals surface area contributed by atoms with E-state index in [1.165, 1.54) is 0 Å². The molecule has 15 heavy (non-hydrogen) atoms. The molecule has 0 radical (unpaired) electrons. The second kappa shape index (κ2) is 5.58. The van der Waals surface area contributed by atoms with Gasteiger partial charge in [0.1, 0.15) is 12.4 Å². The Morgan fingerprint density at radius 3 is 2.87 bits per heavy atom. The van der Waals surface area contributed by atoms with Crippen LogP contribution >= 0.6 is 11.6 Å². The van der Waals surface area contributed by atoms with Crippen molar-refractivity contribution in [1.82, 2.24) is 0 Å². The first-order valence-electron chi connectivity index (χ1n) is 4.41. The summed E-state index contributed by atoms with van der Waals surface area (Å²) in [7, 11) is 0. The van der Waals surface area contributed by atoms with E-state index in [9.17, 15) is 0 Å². The summed E-state index contributed by atoms with van der Waals surface area (Å²) in [5.74, 6) is 0.531. The van der Waals surface area contributed by atoms with Crippen LogP contribution < -0.4 is 4.74 Å². The van der Waals surface area contributed by atoms with Crippen molar-refractivity contribution in [1.29, 1.82) is 0 Å². The van der Waals surface area contributed by atoms with Crippen molar-refractivity contribution in [3.63, 3.8) is 0 Å². The van der Waals surface area contributed by atoms with Crippen molar-refractivity contribution in [3.8, 4) is 5.75 Å². The maximum atomic E-state index is 8.67. The molecule has 0 aliphatic heterocycles. The topological polar surface area (TPSA) is 62.1 Å². The fraction of sp³-hybridized carbons (Fsp3) is 0.300. The number of ether oxygens (including phenoxy) is 1. The Kier molecular flexibility index (Phi) is 4.39. The molecule has 2 N–H and O–H groups in total. The SMILES string of the molecule is C/C(=N\O)c1cc(Cl)ccc1OCCO. The average Bonchev–Trinajstić information content (AvgIpc) is 2.26. The standard InChI is InChI=1S/C10H12ClNO3/c1-7(12-14)9-6-8(11)2-3-10(9)15-5-4-13/h2-3,6,13-14H,4-5H2,1H3/b12-7+. The average molecular weight is 230 g/mol. The maximum Gasteiger partial charge on any atom is 0.128 e. The Hall–Kier alpha value is -1.26. The normalized spacial score (nSPS) is 11.5. The van der Waals surface area contributed by atoms with E-state index in [4.69, 9.17) is 26.7 Å². The Balaban J connectivity index is 3.03.